The largest absolute Gasteiger partial charge is 0.480 e. The maximum Gasteiger partial charge on any atom is 0.321 e. The molecule has 0 aromatic heterocycles. The molecule has 5 heteroatoms. The van der Waals surface area contributed by atoms with Crippen LogP contribution in [-0.2, 0) is 9.53 Å². The first-order valence-electron chi connectivity index (χ1n) is 4.76. The van der Waals surface area contributed by atoms with Crippen molar-refractivity contribution in [2.45, 2.75) is 12.2 Å². The summed E-state index contributed by atoms with van der Waals surface area (Å²) in [5.74, 6) is -0.918. The number of carbonyl (C=O) groups is 1. The summed E-state index contributed by atoms with van der Waals surface area (Å²) in [6, 6.07) is 8.97. The van der Waals surface area contributed by atoms with Crippen LogP contribution in [0.5, 0.6) is 0 Å². The van der Waals surface area contributed by atoms with Crippen LogP contribution in [0.15, 0.2) is 30.3 Å². The average molecular weight is 256 g/mol. The average Bonchev–Trinajstić information content (AvgIpc) is 2.27. The van der Waals surface area contributed by atoms with Gasteiger partial charge in [0.25, 0.3) is 0 Å². The van der Waals surface area contributed by atoms with Gasteiger partial charge in [-0.05, 0) is 24.7 Å². The SMILES string of the molecule is CCOC(=S)SC(C(=O)O)c1ccccc1. The Morgan fingerprint density at radius 3 is 2.62 bits per heavy atom. The molecule has 16 heavy (non-hydrogen) atoms. The molecule has 1 aromatic rings. The van der Waals surface area contributed by atoms with Gasteiger partial charge in [0, 0.05) is 0 Å². The third kappa shape index (κ3) is 3.83. The fourth-order valence-corrected chi connectivity index (χ4v) is 2.32. The van der Waals surface area contributed by atoms with Gasteiger partial charge in [-0.25, -0.2) is 0 Å². The molecule has 0 heterocycles. The second kappa shape index (κ2) is 6.50. The molecule has 0 radical (unpaired) electrons. The Bertz CT molecular complexity index is 365. The number of rotatable bonds is 4. The summed E-state index contributed by atoms with van der Waals surface area (Å²) in [6.45, 7) is 2.26. The highest BCUT2D eigenvalue weighted by Gasteiger charge is 2.22. The van der Waals surface area contributed by atoms with Crippen molar-refractivity contribution >= 4 is 34.3 Å². The van der Waals surface area contributed by atoms with E-state index in [2.05, 4.69) is 0 Å². The molecular formula is C11H12O3S2. The van der Waals surface area contributed by atoms with Gasteiger partial charge in [0.05, 0.1) is 6.61 Å². The molecule has 0 aliphatic rings. The summed E-state index contributed by atoms with van der Waals surface area (Å²) < 4.78 is 5.34. The van der Waals surface area contributed by atoms with Gasteiger partial charge in [-0.1, -0.05) is 42.1 Å². The van der Waals surface area contributed by atoms with E-state index in [0.29, 0.717) is 12.2 Å². The molecule has 0 spiro atoms. The molecule has 3 nitrogen and oxygen atoms in total. The first-order chi connectivity index (χ1) is 7.65. The second-order valence-electron chi connectivity index (χ2n) is 2.93. The number of hydrogen-bond acceptors (Lipinski definition) is 4. The summed E-state index contributed by atoms with van der Waals surface area (Å²) in [5.41, 5.74) is 0.710. The zero-order chi connectivity index (χ0) is 12.0. The number of thioether (sulfide) groups is 1. The van der Waals surface area contributed by atoms with Gasteiger partial charge in [0.1, 0.15) is 5.25 Å². The lowest BCUT2D eigenvalue weighted by Crippen LogP contribution is -2.11. The van der Waals surface area contributed by atoms with Crippen molar-refractivity contribution in [2.24, 2.45) is 0 Å². The van der Waals surface area contributed by atoms with Crippen LogP contribution in [0, 0.1) is 0 Å². The molecule has 0 saturated carbocycles. The van der Waals surface area contributed by atoms with Gasteiger partial charge in [0.15, 0.2) is 0 Å². The van der Waals surface area contributed by atoms with Gasteiger partial charge in [-0.2, -0.15) is 0 Å². The standard InChI is InChI=1S/C11H12O3S2/c1-2-14-11(15)16-9(10(12)13)8-6-4-3-5-7-8/h3-7,9H,2H2,1H3,(H,12,13). The van der Waals surface area contributed by atoms with Gasteiger partial charge < -0.3 is 9.84 Å². The van der Waals surface area contributed by atoms with E-state index in [1.54, 1.807) is 24.3 Å². The van der Waals surface area contributed by atoms with E-state index in [1.807, 2.05) is 13.0 Å². The summed E-state index contributed by atoms with van der Waals surface area (Å²) in [7, 11) is 0. The van der Waals surface area contributed by atoms with Crippen LogP contribution < -0.4 is 0 Å². The van der Waals surface area contributed by atoms with Crippen LogP contribution in [-0.4, -0.2) is 22.1 Å². The minimum atomic E-state index is -0.918. The van der Waals surface area contributed by atoms with Crippen molar-refractivity contribution in [3.05, 3.63) is 35.9 Å². The molecular weight excluding hydrogens is 244 g/mol. The van der Waals surface area contributed by atoms with Gasteiger partial charge in [-0.15, -0.1) is 0 Å². The van der Waals surface area contributed by atoms with Crippen LogP contribution in [0.3, 0.4) is 0 Å². The first-order valence-corrected chi connectivity index (χ1v) is 6.05. The lowest BCUT2D eigenvalue weighted by Gasteiger charge is -2.12. The summed E-state index contributed by atoms with van der Waals surface area (Å²) in [6.07, 6.45) is 0. The van der Waals surface area contributed by atoms with Gasteiger partial charge in [0.2, 0.25) is 4.38 Å². The molecule has 0 bridgehead atoms. The third-order valence-corrected chi connectivity index (χ3v) is 3.23. The maximum atomic E-state index is 11.1. The molecule has 1 N–H and O–H groups in total. The highest BCUT2D eigenvalue weighted by molar-refractivity contribution is 8.23. The van der Waals surface area contributed by atoms with Crippen LogP contribution >= 0.6 is 24.0 Å². The number of carboxylic acid groups (broad SMARTS) is 1. The zero-order valence-electron chi connectivity index (χ0n) is 8.75. The van der Waals surface area contributed by atoms with Crippen LogP contribution in [0.25, 0.3) is 0 Å². The van der Waals surface area contributed by atoms with E-state index < -0.39 is 11.2 Å². The van der Waals surface area contributed by atoms with Crippen LogP contribution in [0.2, 0.25) is 0 Å². The van der Waals surface area contributed by atoms with Crippen molar-refractivity contribution in [1.82, 2.24) is 0 Å². The van der Waals surface area contributed by atoms with Crippen molar-refractivity contribution in [2.75, 3.05) is 6.61 Å². The van der Waals surface area contributed by atoms with E-state index in [1.165, 1.54) is 0 Å². The molecule has 0 amide bonds. The van der Waals surface area contributed by atoms with Crippen molar-refractivity contribution in [1.29, 1.82) is 0 Å². The Morgan fingerprint density at radius 2 is 2.12 bits per heavy atom. The first kappa shape index (κ1) is 13.0. The number of aliphatic carboxylic acids is 1. The summed E-state index contributed by atoms with van der Waals surface area (Å²) in [5, 5.41) is 8.40. The molecule has 1 aromatic carbocycles. The monoisotopic (exact) mass is 256 g/mol. The normalized spacial score (nSPS) is 11.8. The third-order valence-electron chi connectivity index (χ3n) is 1.80. The van der Waals surface area contributed by atoms with Crippen molar-refractivity contribution < 1.29 is 14.6 Å². The minimum absolute atomic E-state index is 0.263. The molecule has 0 fully saturated rings. The Balaban J connectivity index is 2.77. The van der Waals surface area contributed by atoms with Crippen molar-refractivity contribution in [3.8, 4) is 0 Å². The number of thiocarbonyl (C=S) groups is 1. The fraction of sp³-hybridized carbons (Fsp3) is 0.273. The lowest BCUT2D eigenvalue weighted by molar-refractivity contribution is -0.136. The predicted molar refractivity (Wildman–Crippen MR) is 68.6 cm³/mol. The summed E-state index contributed by atoms with van der Waals surface area (Å²) >= 11 is 5.97. The topological polar surface area (TPSA) is 46.5 Å². The molecule has 1 atom stereocenters. The van der Waals surface area contributed by atoms with Crippen LogP contribution in [0.4, 0.5) is 0 Å². The molecule has 0 aliphatic heterocycles. The van der Waals surface area contributed by atoms with E-state index in [0.717, 1.165) is 11.8 Å². The van der Waals surface area contributed by atoms with E-state index in [-0.39, 0.29) is 4.38 Å². The molecule has 1 unspecified atom stereocenters. The fourth-order valence-electron chi connectivity index (χ4n) is 1.14. The number of ether oxygens (including phenoxy) is 1. The molecule has 1 rings (SSSR count). The smallest absolute Gasteiger partial charge is 0.321 e. The Morgan fingerprint density at radius 1 is 1.50 bits per heavy atom. The number of carboxylic acids is 1. The van der Waals surface area contributed by atoms with E-state index >= 15 is 0 Å². The lowest BCUT2D eigenvalue weighted by atomic mass is 10.1. The predicted octanol–water partition coefficient (Wildman–Crippen LogP) is 2.87. The van der Waals surface area contributed by atoms with Crippen molar-refractivity contribution in [3.63, 3.8) is 0 Å². The highest BCUT2D eigenvalue weighted by Crippen LogP contribution is 2.30. The Hall–Kier alpha value is -1.07. The Labute approximate surface area is 104 Å². The molecule has 0 aliphatic carbocycles. The highest BCUT2D eigenvalue weighted by atomic mass is 32.2. The minimum Gasteiger partial charge on any atom is -0.480 e. The van der Waals surface area contributed by atoms with E-state index in [4.69, 9.17) is 22.1 Å². The molecule has 86 valence electrons. The van der Waals surface area contributed by atoms with Gasteiger partial charge >= 0.3 is 5.97 Å². The quantitative estimate of drug-likeness (QED) is 0.839. The van der Waals surface area contributed by atoms with Crippen LogP contribution in [0.1, 0.15) is 17.7 Å². The van der Waals surface area contributed by atoms with E-state index in [9.17, 15) is 4.79 Å². The number of hydrogen-bond donors (Lipinski definition) is 1. The zero-order valence-corrected chi connectivity index (χ0v) is 10.4. The molecule has 0 saturated heterocycles. The maximum absolute atomic E-state index is 11.1. The Kier molecular flexibility index (Phi) is 5.28. The van der Waals surface area contributed by atoms with Gasteiger partial charge in [-0.3, -0.25) is 4.79 Å². The number of benzene rings is 1. The second-order valence-corrected chi connectivity index (χ2v) is 4.64. The summed E-state index contributed by atoms with van der Waals surface area (Å²) in [4.78, 5) is 11.1.